The highest BCUT2D eigenvalue weighted by Crippen LogP contribution is 2.23. The topological polar surface area (TPSA) is 101 Å². The zero-order valence-electron chi connectivity index (χ0n) is 10.6. The summed E-state index contributed by atoms with van der Waals surface area (Å²) in [7, 11) is -2.63. The first-order chi connectivity index (χ1) is 10.1. The number of nitrogens with one attached hydrogen (secondary N) is 2. The summed E-state index contributed by atoms with van der Waals surface area (Å²) in [6.07, 6.45) is 1.64. The fourth-order valence-electron chi connectivity index (χ4n) is 1.91. The van der Waals surface area contributed by atoms with E-state index in [1.165, 1.54) is 0 Å². The molecule has 3 rings (SSSR count). The zero-order valence-corrected chi connectivity index (χ0v) is 12.2. The van der Waals surface area contributed by atoms with Gasteiger partial charge in [0, 0.05) is 18.3 Å². The van der Waals surface area contributed by atoms with Crippen molar-refractivity contribution in [3.8, 4) is 11.4 Å². The van der Waals surface area contributed by atoms with Gasteiger partial charge in [-0.1, -0.05) is 29.8 Å². The van der Waals surface area contributed by atoms with Gasteiger partial charge in [0.1, 0.15) is 11.0 Å². The van der Waals surface area contributed by atoms with Crippen LogP contribution in [0.25, 0.3) is 22.4 Å². The average Bonchev–Trinajstić information content (AvgIpc) is 2.94. The first kappa shape index (κ1) is 13.9. The number of H-pyrrole nitrogens is 1. The van der Waals surface area contributed by atoms with Crippen molar-refractivity contribution < 1.29 is 8.42 Å². The Bertz CT molecular complexity index is 869. The highest BCUT2D eigenvalue weighted by Gasteiger charge is 2.10. The third-order valence-corrected chi connectivity index (χ3v) is 3.52. The van der Waals surface area contributed by atoms with Crippen molar-refractivity contribution in [1.82, 2.24) is 24.9 Å². The lowest BCUT2D eigenvalue weighted by Gasteiger charge is -2.04. The predicted molar refractivity (Wildman–Crippen MR) is 79.3 cm³/mol. The van der Waals surface area contributed by atoms with Crippen molar-refractivity contribution in [1.29, 1.82) is 0 Å². The third kappa shape index (κ3) is 3.02. The Morgan fingerprint density at radius 3 is 2.95 bits per heavy atom. The second-order valence-electron chi connectivity index (χ2n) is 4.25. The minimum absolute atomic E-state index is 0.216. The summed E-state index contributed by atoms with van der Waals surface area (Å²) >= 11 is 6.07. The number of nitrogens with zero attached hydrogens (tertiary/aromatic N) is 3. The molecule has 0 spiro atoms. The van der Waals surface area contributed by atoms with Gasteiger partial charge in [-0.2, -0.15) is 5.10 Å². The molecule has 2 N–H and O–H groups in total. The van der Waals surface area contributed by atoms with Crippen LogP contribution in [0.5, 0.6) is 0 Å². The minimum atomic E-state index is -2.63. The molecule has 7 nitrogen and oxygen atoms in total. The molecule has 2 aromatic heterocycles. The van der Waals surface area contributed by atoms with Gasteiger partial charge in [-0.3, -0.25) is 5.10 Å². The molecule has 0 aliphatic carbocycles. The molecule has 1 aromatic carbocycles. The van der Waals surface area contributed by atoms with Crippen LogP contribution in [0.4, 0.5) is 0 Å². The highest BCUT2D eigenvalue weighted by atomic mass is 35.5. The predicted octanol–water partition coefficient (Wildman–Crippen LogP) is 1.29. The van der Waals surface area contributed by atoms with E-state index in [0.29, 0.717) is 16.9 Å². The zero-order chi connectivity index (χ0) is 14.8. The number of hydrogen-bond donors (Lipinski definition) is 3. The van der Waals surface area contributed by atoms with E-state index in [4.69, 9.17) is 11.6 Å². The van der Waals surface area contributed by atoms with E-state index in [1.54, 1.807) is 12.3 Å². The lowest BCUT2D eigenvalue weighted by atomic mass is 10.1. The number of halogens is 1. The smallest absolute Gasteiger partial charge is 0.201 e. The first-order valence-electron chi connectivity index (χ1n) is 5.98. The van der Waals surface area contributed by atoms with Crippen LogP contribution in [0, 0.1) is 0 Å². The van der Waals surface area contributed by atoms with Gasteiger partial charge in [0.25, 0.3) is 0 Å². The molecule has 0 saturated carbocycles. The minimum Gasteiger partial charge on any atom is -0.283 e. The van der Waals surface area contributed by atoms with E-state index >= 15 is 0 Å². The van der Waals surface area contributed by atoms with Gasteiger partial charge in [-0.15, -0.1) is 0 Å². The SMILES string of the molecule is O=[SH](=O)NCc1cccc(-c2nc(Cl)c3n[nH]cc3n2)c1. The number of aromatic nitrogens is 4. The van der Waals surface area contributed by atoms with Crippen molar-refractivity contribution in [2.75, 3.05) is 0 Å². The average molecular weight is 324 g/mol. The molecule has 3 aromatic rings. The number of fused-ring (bicyclic) bond motifs is 1. The lowest BCUT2D eigenvalue weighted by Crippen LogP contribution is -2.10. The Hall–Kier alpha value is -2.03. The molecule has 0 saturated heterocycles. The summed E-state index contributed by atoms with van der Waals surface area (Å²) in [5, 5.41) is 6.91. The molecule has 0 aliphatic rings. The molecule has 0 unspecified atom stereocenters. The first-order valence-corrected chi connectivity index (χ1v) is 7.53. The monoisotopic (exact) mass is 323 g/mol. The summed E-state index contributed by atoms with van der Waals surface area (Å²) in [6.45, 7) is 0.216. The molecule has 2 heterocycles. The molecule has 0 bridgehead atoms. The van der Waals surface area contributed by atoms with Crippen molar-refractivity contribution in [2.24, 2.45) is 0 Å². The summed E-state index contributed by atoms with van der Waals surface area (Å²) in [5.41, 5.74) is 2.69. The van der Waals surface area contributed by atoms with Gasteiger partial charge in [0.05, 0.1) is 0 Å². The summed E-state index contributed by atoms with van der Waals surface area (Å²) in [5.74, 6) is 0.460. The number of hydrogen-bond acceptors (Lipinski definition) is 5. The molecular weight excluding hydrogens is 314 g/mol. The maximum atomic E-state index is 10.6. The van der Waals surface area contributed by atoms with E-state index in [9.17, 15) is 8.42 Å². The second kappa shape index (κ2) is 5.76. The standard InChI is InChI=1S/C12H10ClN5O2S/c13-11-10-9(6-14-18-10)16-12(17-11)8-3-1-2-7(4-8)5-15-21(19)20/h1-4,6,21H,5H2,(H,14,18)(H,15,19,20). The van der Waals surface area contributed by atoms with Gasteiger partial charge >= 0.3 is 0 Å². The number of rotatable bonds is 4. The highest BCUT2D eigenvalue weighted by molar-refractivity contribution is 7.70. The summed E-state index contributed by atoms with van der Waals surface area (Å²) < 4.78 is 23.5. The maximum absolute atomic E-state index is 10.6. The largest absolute Gasteiger partial charge is 0.283 e. The fourth-order valence-corrected chi connectivity index (χ4v) is 2.44. The van der Waals surface area contributed by atoms with Crippen LogP contribution in [0.2, 0.25) is 5.15 Å². The van der Waals surface area contributed by atoms with E-state index < -0.39 is 10.9 Å². The van der Waals surface area contributed by atoms with Crippen LogP contribution >= 0.6 is 11.6 Å². The normalized spacial score (nSPS) is 11.3. The number of aromatic amines is 1. The van der Waals surface area contributed by atoms with Gasteiger partial charge in [-0.05, 0) is 11.6 Å². The summed E-state index contributed by atoms with van der Waals surface area (Å²) in [6, 6.07) is 7.26. The molecule has 0 radical (unpaired) electrons. The Balaban J connectivity index is 1.99. The second-order valence-corrected chi connectivity index (χ2v) is 5.44. The van der Waals surface area contributed by atoms with Crippen LogP contribution in [0.3, 0.4) is 0 Å². The van der Waals surface area contributed by atoms with Gasteiger partial charge in [-0.25, -0.2) is 23.1 Å². The molecule has 9 heteroatoms. The van der Waals surface area contributed by atoms with Crippen molar-refractivity contribution >= 4 is 33.5 Å². The quantitative estimate of drug-likeness (QED) is 0.496. The molecule has 0 aliphatic heterocycles. The van der Waals surface area contributed by atoms with E-state index in [0.717, 1.165) is 11.1 Å². The molecule has 21 heavy (non-hydrogen) atoms. The van der Waals surface area contributed by atoms with Crippen molar-refractivity contribution in [2.45, 2.75) is 6.54 Å². The van der Waals surface area contributed by atoms with Crippen LogP contribution in [0.1, 0.15) is 5.56 Å². The number of benzene rings is 1. The van der Waals surface area contributed by atoms with Crippen LogP contribution < -0.4 is 4.72 Å². The van der Waals surface area contributed by atoms with Crippen LogP contribution in [-0.4, -0.2) is 28.6 Å². The maximum Gasteiger partial charge on any atom is 0.201 e. The van der Waals surface area contributed by atoms with Crippen molar-refractivity contribution in [3.63, 3.8) is 0 Å². The Kier molecular flexibility index (Phi) is 3.82. The van der Waals surface area contributed by atoms with Gasteiger partial charge in [0.2, 0.25) is 10.9 Å². The van der Waals surface area contributed by atoms with Crippen molar-refractivity contribution in [3.05, 3.63) is 41.2 Å². The Labute approximate surface area is 126 Å². The Morgan fingerprint density at radius 2 is 2.14 bits per heavy atom. The van der Waals surface area contributed by atoms with E-state index in [2.05, 4.69) is 24.9 Å². The molecular formula is C12H10ClN5O2S. The molecule has 0 amide bonds. The summed E-state index contributed by atoms with van der Waals surface area (Å²) in [4.78, 5) is 8.59. The van der Waals surface area contributed by atoms with Gasteiger partial charge < -0.3 is 0 Å². The molecule has 0 atom stereocenters. The van der Waals surface area contributed by atoms with E-state index in [1.807, 2.05) is 18.2 Å². The third-order valence-electron chi connectivity index (χ3n) is 2.84. The molecule has 108 valence electrons. The van der Waals surface area contributed by atoms with Crippen LogP contribution in [-0.2, 0) is 17.4 Å². The fraction of sp³-hybridized carbons (Fsp3) is 0.0833. The van der Waals surface area contributed by atoms with Crippen LogP contribution in [0.15, 0.2) is 30.5 Å². The lowest BCUT2D eigenvalue weighted by molar-refractivity contribution is 0.601. The number of thiol groups is 1. The van der Waals surface area contributed by atoms with E-state index in [-0.39, 0.29) is 11.7 Å². The molecule has 0 fully saturated rings. The Morgan fingerprint density at radius 1 is 1.29 bits per heavy atom. The van der Waals surface area contributed by atoms with Gasteiger partial charge in [0.15, 0.2) is 11.0 Å².